The van der Waals surface area contributed by atoms with E-state index in [1.807, 2.05) is 32.9 Å². The van der Waals surface area contributed by atoms with E-state index in [-0.39, 0.29) is 5.91 Å². The molecule has 0 saturated carbocycles. The highest BCUT2D eigenvalue weighted by molar-refractivity contribution is 7.16. The van der Waals surface area contributed by atoms with Gasteiger partial charge in [-0.05, 0) is 45.4 Å². The highest BCUT2D eigenvalue weighted by Gasteiger charge is 2.22. The van der Waals surface area contributed by atoms with Gasteiger partial charge in [-0.2, -0.15) is 0 Å². The molecule has 0 aliphatic heterocycles. The van der Waals surface area contributed by atoms with Crippen LogP contribution in [0.1, 0.15) is 43.6 Å². The molecule has 0 fully saturated rings. The third-order valence-electron chi connectivity index (χ3n) is 3.41. The Hall–Kier alpha value is -2.14. The summed E-state index contributed by atoms with van der Waals surface area (Å²) in [5, 5.41) is 3.37. The van der Waals surface area contributed by atoms with Crippen LogP contribution >= 0.6 is 11.3 Å². The summed E-state index contributed by atoms with van der Waals surface area (Å²) < 4.78 is 5.08. The van der Waals surface area contributed by atoms with Gasteiger partial charge in [0.05, 0.1) is 12.2 Å². The Morgan fingerprint density at radius 2 is 1.77 bits per heavy atom. The number of anilines is 1. The van der Waals surface area contributed by atoms with Crippen molar-refractivity contribution in [1.29, 1.82) is 0 Å². The number of carbonyl (C=O) groups excluding carboxylic acids is 2. The van der Waals surface area contributed by atoms with Crippen LogP contribution in [0.4, 0.5) is 5.00 Å². The van der Waals surface area contributed by atoms with Crippen molar-refractivity contribution in [1.82, 2.24) is 0 Å². The second-order valence-electron chi connectivity index (χ2n) is 5.03. The molecule has 2 rings (SSSR count). The summed E-state index contributed by atoms with van der Waals surface area (Å²) in [7, 11) is 0. The van der Waals surface area contributed by atoms with Crippen LogP contribution in [-0.2, 0) is 4.74 Å². The molecule has 1 amide bonds. The first-order valence-corrected chi connectivity index (χ1v) is 7.90. The SMILES string of the molecule is CCOC(=O)c1c(NC(=O)c2ccc(C)cc2)sc(C)c1C. The molecule has 0 aliphatic carbocycles. The molecule has 5 heteroatoms. The molecule has 116 valence electrons. The Morgan fingerprint density at radius 3 is 2.36 bits per heavy atom. The number of hydrogen-bond donors (Lipinski definition) is 1. The number of esters is 1. The molecule has 2 aromatic rings. The van der Waals surface area contributed by atoms with Gasteiger partial charge in [-0.15, -0.1) is 11.3 Å². The molecule has 4 nitrogen and oxygen atoms in total. The average molecular weight is 317 g/mol. The van der Waals surface area contributed by atoms with Crippen molar-refractivity contribution in [3.63, 3.8) is 0 Å². The zero-order chi connectivity index (χ0) is 16.3. The van der Waals surface area contributed by atoms with E-state index in [1.54, 1.807) is 19.1 Å². The number of nitrogens with one attached hydrogen (secondary N) is 1. The van der Waals surface area contributed by atoms with Crippen LogP contribution in [0.15, 0.2) is 24.3 Å². The van der Waals surface area contributed by atoms with Gasteiger partial charge in [-0.25, -0.2) is 4.79 Å². The minimum atomic E-state index is -0.399. The number of carbonyl (C=O) groups is 2. The molecule has 1 N–H and O–H groups in total. The van der Waals surface area contributed by atoms with Crippen LogP contribution in [0.5, 0.6) is 0 Å². The maximum absolute atomic E-state index is 12.3. The Bertz CT molecular complexity index is 701. The lowest BCUT2D eigenvalue weighted by atomic mass is 10.1. The van der Waals surface area contributed by atoms with E-state index in [4.69, 9.17) is 4.74 Å². The van der Waals surface area contributed by atoms with Gasteiger partial charge in [0.1, 0.15) is 5.00 Å². The number of aryl methyl sites for hydroxylation is 2. The molecule has 0 spiro atoms. The molecule has 1 heterocycles. The number of amides is 1. The average Bonchev–Trinajstić information content (AvgIpc) is 2.74. The number of hydrogen-bond acceptors (Lipinski definition) is 4. The van der Waals surface area contributed by atoms with Gasteiger partial charge in [0.25, 0.3) is 5.91 Å². The van der Waals surface area contributed by atoms with Crippen molar-refractivity contribution in [2.24, 2.45) is 0 Å². The number of rotatable bonds is 4. The lowest BCUT2D eigenvalue weighted by molar-refractivity contribution is 0.0527. The summed E-state index contributed by atoms with van der Waals surface area (Å²) in [4.78, 5) is 25.4. The first-order valence-electron chi connectivity index (χ1n) is 7.09. The third-order valence-corrected chi connectivity index (χ3v) is 4.53. The fourth-order valence-corrected chi connectivity index (χ4v) is 3.09. The van der Waals surface area contributed by atoms with Gasteiger partial charge < -0.3 is 10.1 Å². The molecule has 0 radical (unpaired) electrons. The molecule has 0 saturated heterocycles. The summed E-state index contributed by atoms with van der Waals surface area (Å²) in [5.41, 5.74) is 2.95. The Labute approximate surface area is 134 Å². The van der Waals surface area contributed by atoms with E-state index in [0.29, 0.717) is 22.7 Å². The molecule has 0 atom stereocenters. The van der Waals surface area contributed by atoms with Crippen molar-refractivity contribution < 1.29 is 14.3 Å². The smallest absolute Gasteiger partial charge is 0.341 e. The summed E-state index contributed by atoms with van der Waals surface area (Å²) in [6.07, 6.45) is 0. The van der Waals surface area contributed by atoms with E-state index in [9.17, 15) is 9.59 Å². The first kappa shape index (κ1) is 16.2. The first-order chi connectivity index (χ1) is 10.4. The zero-order valence-electron chi connectivity index (χ0n) is 13.1. The van der Waals surface area contributed by atoms with Crippen LogP contribution in [0.3, 0.4) is 0 Å². The van der Waals surface area contributed by atoms with Crippen molar-refractivity contribution >= 4 is 28.2 Å². The molecule has 0 bridgehead atoms. The van der Waals surface area contributed by atoms with E-state index >= 15 is 0 Å². The predicted octanol–water partition coefficient (Wildman–Crippen LogP) is 4.10. The maximum atomic E-state index is 12.3. The van der Waals surface area contributed by atoms with Crippen LogP contribution in [-0.4, -0.2) is 18.5 Å². The summed E-state index contributed by atoms with van der Waals surface area (Å²) in [5.74, 6) is -0.629. The van der Waals surface area contributed by atoms with E-state index in [0.717, 1.165) is 16.0 Å². The number of ether oxygens (including phenoxy) is 1. The van der Waals surface area contributed by atoms with Crippen LogP contribution in [0, 0.1) is 20.8 Å². The molecule has 22 heavy (non-hydrogen) atoms. The highest BCUT2D eigenvalue weighted by atomic mass is 32.1. The molecular formula is C17H19NO3S. The van der Waals surface area contributed by atoms with Gasteiger partial charge in [0, 0.05) is 10.4 Å². The minimum absolute atomic E-state index is 0.230. The predicted molar refractivity (Wildman–Crippen MR) is 88.9 cm³/mol. The fourth-order valence-electron chi connectivity index (χ4n) is 2.04. The Balaban J connectivity index is 2.29. The van der Waals surface area contributed by atoms with Crippen molar-refractivity contribution in [3.05, 3.63) is 51.4 Å². The van der Waals surface area contributed by atoms with E-state index in [1.165, 1.54) is 11.3 Å². The summed E-state index contributed by atoms with van der Waals surface area (Å²) >= 11 is 1.39. The van der Waals surface area contributed by atoms with Gasteiger partial charge in [0.2, 0.25) is 0 Å². The monoisotopic (exact) mass is 317 g/mol. The molecule has 1 aromatic heterocycles. The van der Waals surface area contributed by atoms with Crippen molar-refractivity contribution in [2.75, 3.05) is 11.9 Å². The van der Waals surface area contributed by atoms with Crippen molar-refractivity contribution in [2.45, 2.75) is 27.7 Å². The number of benzene rings is 1. The van der Waals surface area contributed by atoms with Crippen LogP contribution in [0.2, 0.25) is 0 Å². The topological polar surface area (TPSA) is 55.4 Å². The van der Waals surface area contributed by atoms with Gasteiger partial charge in [-0.1, -0.05) is 17.7 Å². The maximum Gasteiger partial charge on any atom is 0.341 e. The van der Waals surface area contributed by atoms with E-state index < -0.39 is 5.97 Å². The summed E-state index contributed by atoms with van der Waals surface area (Å²) in [6.45, 7) is 7.81. The normalized spacial score (nSPS) is 10.4. The second-order valence-corrected chi connectivity index (χ2v) is 6.25. The van der Waals surface area contributed by atoms with Crippen molar-refractivity contribution in [3.8, 4) is 0 Å². The van der Waals surface area contributed by atoms with Gasteiger partial charge in [0.15, 0.2) is 0 Å². The highest BCUT2D eigenvalue weighted by Crippen LogP contribution is 2.33. The summed E-state index contributed by atoms with van der Waals surface area (Å²) in [6, 6.07) is 7.29. The fraction of sp³-hybridized carbons (Fsp3) is 0.294. The lowest BCUT2D eigenvalue weighted by Crippen LogP contribution is -2.14. The second kappa shape index (κ2) is 6.75. The third kappa shape index (κ3) is 3.36. The minimum Gasteiger partial charge on any atom is -0.462 e. The Kier molecular flexibility index (Phi) is 4.98. The molecule has 0 aliphatic rings. The Morgan fingerprint density at radius 1 is 1.14 bits per heavy atom. The largest absolute Gasteiger partial charge is 0.462 e. The lowest BCUT2D eigenvalue weighted by Gasteiger charge is -2.07. The van der Waals surface area contributed by atoms with Crippen LogP contribution < -0.4 is 5.32 Å². The standard InChI is InChI=1S/C17H19NO3S/c1-5-21-17(20)14-11(3)12(4)22-16(14)18-15(19)13-8-6-10(2)7-9-13/h6-9H,5H2,1-4H3,(H,18,19). The van der Waals surface area contributed by atoms with E-state index in [2.05, 4.69) is 5.32 Å². The molecule has 0 unspecified atom stereocenters. The van der Waals surface area contributed by atoms with Gasteiger partial charge >= 0.3 is 5.97 Å². The van der Waals surface area contributed by atoms with Gasteiger partial charge in [-0.3, -0.25) is 4.79 Å². The van der Waals surface area contributed by atoms with Crippen LogP contribution in [0.25, 0.3) is 0 Å². The number of thiophene rings is 1. The quantitative estimate of drug-likeness (QED) is 0.864. The molecule has 1 aromatic carbocycles. The molecular weight excluding hydrogens is 298 g/mol. The zero-order valence-corrected chi connectivity index (χ0v) is 14.0.